The molecule has 1 aromatic carbocycles. The zero-order valence-corrected chi connectivity index (χ0v) is 15.8. The third-order valence-electron chi connectivity index (χ3n) is 5.55. The Labute approximate surface area is 158 Å². The molecule has 4 rings (SSSR count). The van der Waals surface area contributed by atoms with Crippen LogP contribution in [-0.2, 0) is 11.2 Å². The number of anilines is 1. The van der Waals surface area contributed by atoms with E-state index in [0.717, 1.165) is 17.9 Å². The van der Waals surface area contributed by atoms with Crippen LogP contribution in [-0.4, -0.2) is 36.8 Å². The number of aromatic nitrogens is 2. The number of methoxy groups -OCH3 is 2. The second-order valence-corrected chi connectivity index (χ2v) is 7.38. The fraction of sp³-hybridized carbons (Fsp3) is 0.550. The molecular weight excluding hydrogens is 346 g/mol. The Kier molecular flexibility index (Phi) is 5.01. The summed E-state index contributed by atoms with van der Waals surface area (Å²) in [4.78, 5) is 18.9. The van der Waals surface area contributed by atoms with Gasteiger partial charge in [-0.05, 0) is 5.92 Å². The zero-order valence-electron chi connectivity index (χ0n) is 15.8. The van der Waals surface area contributed by atoms with Crippen LogP contribution >= 0.6 is 0 Å². The summed E-state index contributed by atoms with van der Waals surface area (Å²) in [6, 6.07) is 5.46. The van der Waals surface area contributed by atoms with Crippen LogP contribution in [0, 0.1) is 5.92 Å². The summed E-state index contributed by atoms with van der Waals surface area (Å²) in [6.07, 6.45) is 6.33. The lowest BCUT2D eigenvalue weighted by atomic mass is 10.0. The Balaban J connectivity index is 1.48. The van der Waals surface area contributed by atoms with Crippen molar-refractivity contribution in [3.8, 4) is 11.5 Å². The number of hydrogen-bond donors (Lipinski definition) is 0. The van der Waals surface area contributed by atoms with Crippen molar-refractivity contribution in [3.05, 3.63) is 29.9 Å². The fourth-order valence-corrected chi connectivity index (χ4v) is 4.06. The van der Waals surface area contributed by atoms with Gasteiger partial charge in [-0.2, -0.15) is 4.98 Å². The number of carbonyl (C=O) groups is 1. The third kappa shape index (κ3) is 3.77. The minimum absolute atomic E-state index is 0.0332. The molecule has 1 atom stereocenters. The van der Waals surface area contributed by atoms with E-state index in [-0.39, 0.29) is 11.8 Å². The number of benzene rings is 1. The second kappa shape index (κ2) is 7.58. The molecule has 1 saturated carbocycles. The SMILES string of the molecule is COc1cc(OC)cc(N2CC(c3nc(CC4CCCC4)no3)CC2=O)c1. The highest BCUT2D eigenvalue weighted by Crippen LogP contribution is 2.35. The van der Waals surface area contributed by atoms with Crippen molar-refractivity contribution in [2.45, 2.75) is 44.4 Å². The van der Waals surface area contributed by atoms with Crippen molar-refractivity contribution in [2.24, 2.45) is 5.92 Å². The first kappa shape index (κ1) is 17.8. The largest absolute Gasteiger partial charge is 0.497 e. The van der Waals surface area contributed by atoms with Crippen LogP contribution in [0.3, 0.4) is 0 Å². The Morgan fingerprint density at radius 2 is 1.85 bits per heavy atom. The highest BCUT2D eigenvalue weighted by molar-refractivity contribution is 5.96. The van der Waals surface area contributed by atoms with Gasteiger partial charge in [-0.3, -0.25) is 4.79 Å². The number of nitrogens with zero attached hydrogens (tertiary/aromatic N) is 3. The molecule has 27 heavy (non-hydrogen) atoms. The summed E-state index contributed by atoms with van der Waals surface area (Å²) in [7, 11) is 3.19. The lowest BCUT2D eigenvalue weighted by Gasteiger charge is -2.18. The van der Waals surface area contributed by atoms with Crippen molar-refractivity contribution in [1.82, 2.24) is 10.1 Å². The first-order valence-corrected chi connectivity index (χ1v) is 9.52. The predicted molar refractivity (Wildman–Crippen MR) is 99.2 cm³/mol. The molecule has 2 aromatic rings. The summed E-state index contributed by atoms with van der Waals surface area (Å²) in [5, 5.41) is 4.15. The van der Waals surface area contributed by atoms with E-state index in [1.54, 1.807) is 25.2 Å². The first-order chi connectivity index (χ1) is 13.2. The number of rotatable bonds is 6. The van der Waals surface area contributed by atoms with E-state index in [0.29, 0.717) is 36.3 Å². The van der Waals surface area contributed by atoms with Gasteiger partial charge in [0.05, 0.1) is 25.8 Å². The van der Waals surface area contributed by atoms with E-state index in [9.17, 15) is 4.79 Å². The van der Waals surface area contributed by atoms with Crippen molar-refractivity contribution in [3.63, 3.8) is 0 Å². The van der Waals surface area contributed by atoms with E-state index in [1.165, 1.54) is 25.7 Å². The normalized spacial score (nSPS) is 20.4. The van der Waals surface area contributed by atoms with Crippen LogP contribution < -0.4 is 14.4 Å². The lowest BCUT2D eigenvalue weighted by Crippen LogP contribution is -2.24. The van der Waals surface area contributed by atoms with Crippen molar-refractivity contribution >= 4 is 11.6 Å². The average Bonchev–Trinajstić information content (AvgIpc) is 3.43. The smallest absolute Gasteiger partial charge is 0.232 e. The molecule has 1 aliphatic heterocycles. The van der Waals surface area contributed by atoms with Crippen molar-refractivity contribution in [2.75, 3.05) is 25.7 Å². The summed E-state index contributed by atoms with van der Waals surface area (Å²) in [5.74, 6) is 3.25. The van der Waals surface area contributed by atoms with Gasteiger partial charge in [-0.25, -0.2) is 0 Å². The van der Waals surface area contributed by atoms with Gasteiger partial charge in [0, 0.05) is 37.6 Å². The topological polar surface area (TPSA) is 77.7 Å². The molecule has 2 heterocycles. The molecule has 0 N–H and O–H groups in total. The minimum atomic E-state index is -0.0838. The number of ether oxygens (including phenoxy) is 2. The van der Waals surface area contributed by atoms with Gasteiger partial charge in [0.25, 0.3) is 0 Å². The zero-order chi connectivity index (χ0) is 18.8. The van der Waals surface area contributed by atoms with E-state index < -0.39 is 0 Å². The molecule has 0 bridgehead atoms. The van der Waals surface area contributed by atoms with Crippen LogP contribution in [0.25, 0.3) is 0 Å². The van der Waals surface area contributed by atoms with Gasteiger partial charge in [0.1, 0.15) is 11.5 Å². The molecule has 2 aliphatic rings. The number of hydrogen-bond acceptors (Lipinski definition) is 6. The standard InChI is InChI=1S/C20H25N3O4/c1-25-16-9-15(10-17(11-16)26-2)23-12-14(8-19(23)24)20-21-18(22-27-20)7-13-5-3-4-6-13/h9-11,13-14H,3-8,12H2,1-2H3. The van der Waals surface area contributed by atoms with Crippen LogP contribution in [0.15, 0.2) is 22.7 Å². The maximum atomic E-state index is 12.6. The summed E-state index contributed by atoms with van der Waals surface area (Å²) in [5.41, 5.74) is 0.754. The first-order valence-electron chi connectivity index (χ1n) is 9.52. The molecular formula is C20H25N3O4. The van der Waals surface area contributed by atoms with Gasteiger partial charge >= 0.3 is 0 Å². The van der Waals surface area contributed by atoms with Crippen LogP contribution in [0.2, 0.25) is 0 Å². The molecule has 7 heteroatoms. The van der Waals surface area contributed by atoms with Crippen LogP contribution in [0.1, 0.15) is 49.7 Å². The molecule has 144 valence electrons. The summed E-state index contributed by atoms with van der Waals surface area (Å²) < 4.78 is 16.1. The number of amides is 1. The van der Waals surface area contributed by atoms with Crippen molar-refractivity contribution in [1.29, 1.82) is 0 Å². The summed E-state index contributed by atoms with van der Waals surface area (Å²) >= 11 is 0. The maximum absolute atomic E-state index is 12.6. The van der Waals surface area contributed by atoms with E-state index in [4.69, 9.17) is 14.0 Å². The monoisotopic (exact) mass is 371 g/mol. The molecule has 7 nitrogen and oxygen atoms in total. The van der Waals surface area contributed by atoms with E-state index in [1.807, 2.05) is 12.1 Å². The van der Waals surface area contributed by atoms with Gasteiger partial charge in [0.2, 0.25) is 11.8 Å². The third-order valence-corrected chi connectivity index (χ3v) is 5.55. The Bertz CT molecular complexity index is 791. The van der Waals surface area contributed by atoms with Gasteiger partial charge in [0.15, 0.2) is 5.82 Å². The molecule has 1 unspecified atom stereocenters. The molecule has 1 amide bonds. The molecule has 1 aromatic heterocycles. The molecule has 1 aliphatic carbocycles. The minimum Gasteiger partial charge on any atom is -0.497 e. The van der Waals surface area contributed by atoms with Crippen LogP contribution in [0.4, 0.5) is 5.69 Å². The van der Waals surface area contributed by atoms with Gasteiger partial charge in [-0.15, -0.1) is 0 Å². The highest BCUT2D eigenvalue weighted by atomic mass is 16.5. The van der Waals surface area contributed by atoms with Gasteiger partial charge in [-0.1, -0.05) is 30.8 Å². The average molecular weight is 371 g/mol. The van der Waals surface area contributed by atoms with Gasteiger partial charge < -0.3 is 18.9 Å². The Morgan fingerprint density at radius 1 is 1.15 bits per heavy atom. The lowest BCUT2D eigenvalue weighted by molar-refractivity contribution is -0.117. The predicted octanol–water partition coefficient (Wildman–Crippen LogP) is 3.34. The van der Waals surface area contributed by atoms with Crippen LogP contribution in [0.5, 0.6) is 11.5 Å². The molecule has 2 fully saturated rings. The fourth-order valence-electron chi connectivity index (χ4n) is 4.06. The maximum Gasteiger partial charge on any atom is 0.232 e. The molecule has 0 spiro atoms. The highest BCUT2D eigenvalue weighted by Gasteiger charge is 2.35. The van der Waals surface area contributed by atoms with E-state index in [2.05, 4.69) is 10.1 Å². The molecule has 0 radical (unpaired) electrons. The number of carbonyl (C=O) groups excluding carboxylic acids is 1. The Hall–Kier alpha value is -2.57. The Morgan fingerprint density at radius 3 is 2.52 bits per heavy atom. The second-order valence-electron chi connectivity index (χ2n) is 7.38. The van der Waals surface area contributed by atoms with Crippen molar-refractivity contribution < 1.29 is 18.8 Å². The quantitative estimate of drug-likeness (QED) is 0.775. The van der Waals surface area contributed by atoms with E-state index >= 15 is 0 Å². The molecule has 1 saturated heterocycles. The summed E-state index contributed by atoms with van der Waals surface area (Å²) in [6.45, 7) is 0.514.